The van der Waals surface area contributed by atoms with E-state index >= 15 is 0 Å². The first-order chi connectivity index (χ1) is 9.31. The molecule has 2 aromatic rings. The highest BCUT2D eigenvalue weighted by Gasteiger charge is 2.07. The second kappa shape index (κ2) is 7.01. The van der Waals surface area contributed by atoms with Crippen molar-refractivity contribution in [2.75, 3.05) is 6.54 Å². The van der Waals surface area contributed by atoms with Crippen LogP contribution in [0.2, 0.25) is 0 Å². The van der Waals surface area contributed by atoms with Gasteiger partial charge in [0.2, 0.25) is 5.91 Å². The number of benzene rings is 1. The number of hydrogen-bond donors (Lipinski definition) is 2. The van der Waals surface area contributed by atoms with E-state index in [4.69, 9.17) is 5.73 Å². The molecular weight excluding hydrogens is 258 g/mol. The summed E-state index contributed by atoms with van der Waals surface area (Å²) in [5, 5.41) is 5.85. The van der Waals surface area contributed by atoms with Gasteiger partial charge >= 0.3 is 0 Å². The molecule has 0 aliphatic rings. The van der Waals surface area contributed by atoms with Crippen LogP contribution in [0.15, 0.2) is 35.8 Å². The Morgan fingerprint density at radius 2 is 2.21 bits per heavy atom. The van der Waals surface area contributed by atoms with Crippen LogP contribution in [0.5, 0.6) is 0 Å². The van der Waals surface area contributed by atoms with E-state index in [1.807, 2.05) is 29.6 Å². The van der Waals surface area contributed by atoms with Crippen LogP contribution >= 0.6 is 11.3 Å². The van der Waals surface area contributed by atoms with Crippen LogP contribution < -0.4 is 11.1 Å². The van der Waals surface area contributed by atoms with E-state index in [2.05, 4.69) is 10.3 Å². The first-order valence-corrected chi connectivity index (χ1v) is 7.14. The molecule has 0 bridgehead atoms. The Bertz CT molecular complexity index is 525. The van der Waals surface area contributed by atoms with Crippen molar-refractivity contribution >= 4 is 17.2 Å². The largest absolute Gasteiger partial charge is 0.352 e. The fourth-order valence-corrected chi connectivity index (χ4v) is 2.48. The summed E-state index contributed by atoms with van der Waals surface area (Å²) < 4.78 is 0. The molecule has 1 aromatic carbocycles. The van der Waals surface area contributed by atoms with Crippen LogP contribution in [0.25, 0.3) is 10.6 Å². The first kappa shape index (κ1) is 13.7. The SMILES string of the molecule is NCCCC(=O)NCc1ccccc1-c1nccs1. The molecule has 0 aliphatic heterocycles. The van der Waals surface area contributed by atoms with Crippen LogP contribution in [0.1, 0.15) is 18.4 Å². The van der Waals surface area contributed by atoms with Gasteiger partial charge in [0.1, 0.15) is 5.01 Å². The number of rotatable bonds is 6. The normalized spacial score (nSPS) is 10.4. The number of nitrogens with one attached hydrogen (secondary N) is 1. The lowest BCUT2D eigenvalue weighted by molar-refractivity contribution is -0.121. The molecule has 3 N–H and O–H groups in total. The summed E-state index contributed by atoms with van der Waals surface area (Å²) in [6, 6.07) is 8.00. The molecule has 0 saturated carbocycles. The topological polar surface area (TPSA) is 68.0 Å². The molecule has 100 valence electrons. The van der Waals surface area contributed by atoms with E-state index < -0.39 is 0 Å². The molecule has 4 nitrogen and oxygen atoms in total. The molecule has 0 spiro atoms. The molecule has 0 unspecified atom stereocenters. The fourth-order valence-electron chi connectivity index (χ4n) is 1.78. The van der Waals surface area contributed by atoms with Crippen molar-refractivity contribution in [3.8, 4) is 10.6 Å². The summed E-state index contributed by atoms with van der Waals surface area (Å²) >= 11 is 1.60. The van der Waals surface area contributed by atoms with Crippen molar-refractivity contribution in [3.63, 3.8) is 0 Å². The first-order valence-electron chi connectivity index (χ1n) is 6.26. The molecule has 1 aromatic heterocycles. The van der Waals surface area contributed by atoms with Gasteiger partial charge in [-0.25, -0.2) is 4.98 Å². The maximum Gasteiger partial charge on any atom is 0.220 e. The predicted octanol–water partition coefficient (Wildman–Crippen LogP) is 2.17. The van der Waals surface area contributed by atoms with Gasteiger partial charge in [0.05, 0.1) is 0 Å². The number of carbonyl (C=O) groups is 1. The molecule has 1 heterocycles. The summed E-state index contributed by atoms with van der Waals surface area (Å²) in [5.74, 6) is 0.0411. The maximum absolute atomic E-state index is 11.6. The number of thiazole rings is 1. The second-order valence-electron chi connectivity index (χ2n) is 4.16. The Morgan fingerprint density at radius 3 is 2.95 bits per heavy atom. The van der Waals surface area contributed by atoms with E-state index in [-0.39, 0.29) is 5.91 Å². The zero-order valence-corrected chi connectivity index (χ0v) is 11.5. The summed E-state index contributed by atoms with van der Waals surface area (Å²) in [4.78, 5) is 15.9. The zero-order valence-electron chi connectivity index (χ0n) is 10.6. The smallest absolute Gasteiger partial charge is 0.220 e. The van der Waals surface area contributed by atoms with Crippen LogP contribution in [0.3, 0.4) is 0 Å². The van der Waals surface area contributed by atoms with Crippen molar-refractivity contribution in [1.29, 1.82) is 0 Å². The van der Waals surface area contributed by atoms with Gasteiger partial charge in [-0.3, -0.25) is 4.79 Å². The van der Waals surface area contributed by atoms with Gasteiger partial charge in [0, 0.05) is 30.1 Å². The van der Waals surface area contributed by atoms with Gasteiger partial charge in [0.25, 0.3) is 0 Å². The van der Waals surface area contributed by atoms with Gasteiger partial charge in [-0.1, -0.05) is 24.3 Å². The number of carbonyl (C=O) groups excluding carboxylic acids is 1. The van der Waals surface area contributed by atoms with Gasteiger partial charge in [0.15, 0.2) is 0 Å². The third kappa shape index (κ3) is 3.87. The van der Waals surface area contributed by atoms with Gasteiger partial charge < -0.3 is 11.1 Å². The Hall–Kier alpha value is -1.72. The van der Waals surface area contributed by atoms with E-state index in [1.54, 1.807) is 17.5 Å². The number of hydrogen-bond acceptors (Lipinski definition) is 4. The summed E-state index contributed by atoms with van der Waals surface area (Å²) in [5.41, 5.74) is 7.55. The van der Waals surface area contributed by atoms with Crippen molar-refractivity contribution in [3.05, 3.63) is 41.4 Å². The molecule has 0 fully saturated rings. The number of amides is 1. The summed E-state index contributed by atoms with van der Waals surface area (Å²) in [6.45, 7) is 1.07. The molecule has 5 heteroatoms. The Labute approximate surface area is 116 Å². The molecular formula is C14H17N3OS. The van der Waals surface area contributed by atoms with E-state index in [1.165, 1.54) is 0 Å². The lowest BCUT2D eigenvalue weighted by Gasteiger charge is -2.08. The maximum atomic E-state index is 11.6. The van der Waals surface area contributed by atoms with E-state index in [0.717, 1.165) is 22.6 Å². The highest BCUT2D eigenvalue weighted by molar-refractivity contribution is 7.13. The highest BCUT2D eigenvalue weighted by Crippen LogP contribution is 2.25. The number of aromatic nitrogens is 1. The zero-order chi connectivity index (χ0) is 13.5. The fraction of sp³-hybridized carbons (Fsp3) is 0.286. The minimum atomic E-state index is 0.0411. The summed E-state index contributed by atoms with van der Waals surface area (Å²) in [7, 11) is 0. The van der Waals surface area contributed by atoms with Crippen molar-refractivity contribution < 1.29 is 4.79 Å². The molecule has 0 aliphatic carbocycles. The minimum Gasteiger partial charge on any atom is -0.352 e. The standard InChI is InChI=1S/C14H17N3OS/c15-7-3-6-13(18)17-10-11-4-1-2-5-12(11)14-16-8-9-19-14/h1-2,4-5,8-9H,3,6-7,10,15H2,(H,17,18). The predicted molar refractivity (Wildman–Crippen MR) is 77.7 cm³/mol. The monoisotopic (exact) mass is 275 g/mol. The van der Waals surface area contributed by atoms with Crippen LogP contribution in [0, 0.1) is 0 Å². The lowest BCUT2D eigenvalue weighted by atomic mass is 10.1. The molecule has 19 heavy (non-hydrogen) atoms. The third-order valence-corrected chi connectivity index (χ3v) is 3.57. The van der Waals surface area contributed by atoms with E-state index in [9.17, 15) is 4.79 Å². The van der Waals surface area contributed by atoms with Crippen molar-refractivity contribution in [2.24, 2.45) is 5.73 Å². The Morgan fingerprint density at radius 1 is 1.37 bits per heavy atom. The van der Waals surface area contributed by atoms with Crippen molar-refractivity contribution in [1.82, 2.24) is 10.3 Å². The lowest BCUT2D eigenvalue weighted by Crippen LogP contribution is -2.23. The average molecular weight is 275 g/mol. The third-order valence-electron chi connectivity index (χ3n) is 2.76. The molecule has 0 atom stereocenters. The second-order valence-corrected chi connectivity index (χ2v) is 5.06. The van der Waals surface area contributed by atoms with Crippen LogP contribution in [-0.2, 0) is 11.3 Å². The van der Waals surface area contributed by atoms with Gasteiger partial charge in [-0.15, -0.1) is 11.3 Å². The number of nitrogens with two attached hydrogens (primary N) is 1. The average Bonchev–Trinajstić information content (AvgIpc) is 2.97. The van der Waals surface area contributed by atoms with E-state index in [0.29, 0.717) is 19.5 Å². The Kier molecular flexibility index (Phi) is 5.06. The molecule has 2 rings (SSSR count). The summed E-state index contributed by atoms with van der Waals surface area (Å²) in [6.07, 6.45) is 2.99. The van der Waals surface area contributed by atoms with Gasteiger partial charge in [-0.2, -0.15) is 0 Å². The Balaban J connectivity index is 2.03. The quantitative estimate of drug-likeness (QED) is 0.849. The molecule has 0 radical (unpaired) electrons. The molecule has 0 saturated heterocycles. The van der Waals surface area contributed by atoms with Crippen LogP contribution in [0.4, 0.5) is 0 Å². The minimum absolute atomic E-state index is 0.0411. The molecule has 1 amide bonds. The highest BCUT2D eigenvalue weighted by atomic mass is 32.1. The van der Waals surface area contributed by atoms with Crippen LogP contribution in [-0.4, -0.2) is 17.4 Å². The number of nitrogens with zero attached hydrogens (tertiary/aromatic N) is 1. The van der Waals surface area contributed by atoms with Crippen molar-refractivity contribution in [2.45, 2.75) is 19.4 Å². The van der Waals surface area contributed by atoms with Gasteiger partial charge in [-0.05, 0) is 18.5 Å².